The summed E-state index contributed by atoms with van der Waals surface area (Å²) >= 11 is 4.13. The van der Waals surface area contributed by atoms with Gasteiger partial charge in [-0.15, -0.1) is 0 Å². The highest BCUT2D eigenvalue weighted by atomic mass is 32.1. The van der Waals surface area contributed by atoms with E-state index in [-0.39, 0.29) is 0 Å². The maximum absolute atomic E-state index is 5.39. The summed E-state index contributed by atoms with van der Waals surface area (Å²) in [5, 5.41) is 0.413. The predicted octanol–water partition coefficient (Wildman–Crippen LogP) is 1.95. The van der Waals surface area contributed by atoms with Crippen LogP contribution in [0.25, 0.3) is 11.1 Å². The molecule has 1 aliphatic heterocycles. The van der Waals surface area contributed by atoms with Crippen LogP contribution in [0.3, 0.4) is 0 Å². The van der Waals surface area contributed by atoms with Crippen molar-refractivity contribution >= 4 is 29.4 Å². The average molecular weight is 236 g/mol. The summed E-state index contributed by atoms with van der Waals surface area (Å²) in [5.74, 6) is 0. The number of nitrogens with zero attached hydrogens (tertiary/aromatic N) is 2. The van der Waals surface area contributed by atoms with Crippen molar-refractivity contribution in [3.8, 4) is 0 Å². The molecule has 0 amide bonds. The summed E-state index contributed by atoms with van der Waals surface area (Å²) in [7, 11) is 0. The normalized spacial score (nSPS) is 16.9. The minimum Gasteiger partial charge on any atom is -0.431 e. The molecule has 1 fully saturated rings. The van der Waals surface area contributed by atoms with Crippen molar-refractivity contribution < 1.29 is 9.15 Å². The van der Waals surface area contributed by atoms with E-state index < -0.39 is 0 Å². The van der Waals surface area contributed by atoms with Gasteiger partial charge in [0.1, 0.15) is 5.52 Å². The van der Waals surface area contributed by atoms with Crippen molar-refractivity contribution in [2.75, 3.05) is 31.2 Å². The van der Waals surface area contributed by atoms with Crippen LogP contribution < -0.4 is 4.90 Å². The Hall–Kier alpha value is -1.20. The topological polar surface area (TPSA) is 38.5 Å². The molecule has 0 radical (unpaired) electrons. The number of hydrogen-bond acceptors (Lipinski definition) is 5. The molecule has 2 heterocycles. The number of fused-ring (bicyclic) bond motifs is 1. The molecule has 0 bridgehead atoms. The van der Waals surface area contributed by atoms with Crippen LogP contribution in [0.2, 0.25) is 0 Å². The summed E-state index contributed by atoms with van der Waals surface area (Å²) in [6.45, 7) is 3.33. The van der Waals surface area contributed by atoms with Gasteiger partial charge >= 0.3 is 0 Å². The third-order valence-corrected chi connectivity index (χ3v) is 2.93. The molecule has 0 aliphatic carbocycles. The van der Waals surface area contributed by atoms with Crippen molar-refractivity contribution in [2.24, 2.45) is 0 Å². The highest BCUT2D eigenvalue weighted by molar-refractivity contribution is 7.80. The Balaban J connectivity index is 2.07. The number of oxazole rings is 1. The molecule has 1 aliphatic rings. The molecule has 16 heavy (non-hydrogen) atoms. The van der Waals surface area contributed by atoms with Gasteiger partial charge in [0.05, 0.1) is 18.9 Å². The first-order valence-electron chi connectivity index (χ1n) is 5.26. The van der Waals surface area contributed by atoms with E-state index in [0.717, 1.165) is 43.1 Å². The van der Waals surface area contributed by atoms with Gasteiger partial charge in [-0.3, -0.25) is 0 Å². The Morgan fingerprint density at radius 3 is 2.88 bits per heavy atom. The summed E-state index contributed by atoms with van der Waals surface area (Å²) < 4.78 is 10.7. The van der Waals surface area contributed by atoms with E-state index in [1.807, 2.05) is 12.1 Å². The minimum absolute atomic E-state index is 0.413. The van der Waals surface area contributed by atoms with Gasteiger partial charge in [-0.1, -0.05) is 18.7 Å². The molecule has 0 saturated carbocycles. The van der Waals surface area contributed by atoms with E-state index in [0.29, 0.717) is 5.22 Å². The maximum Gasteiger partial charge on any atom is 0.253 e. The van der Waals surface area contributed by atoms with Crippen LogP contribution in [0.15, 0.2) is 27.8 Å². The van der Waals surface area contributed by atoms with Crippen molar-refractivity contribution in [1.82, 2.24) is 4.98 Å². The number of anilines is 1. The Bertz CT molecular complexity index is 506. The second-order valence-corrected chi connectivity index (χ2v) is 4.10. The van der Waals surface area contributed by atoms with Crippen LogP contribution in [0, 0.1) is 0 Å². The largest absolute Gasteiger partial charge is 0.431 e. The molecule has 0 atom stereocenters. The maximum atomic E-state index is 5.39. The monoisotopic (exact) mass is 236 g/mol. The number of hydrogen-bond donors (Lipinski definition) is 1. The lowest BCUT2D eigenvalue weighted by Gasteiger charge is -2.28. The van der Waals surface area contributed by atoms with Gasteiger partial charge in [0.25, 0.3) is 5.22 Å². The summed E-state index contributed by atoms with van der Waals surface area (Å²) in [6, 6.07) is 5.95. The van der Waals surface area contributed by atoms with Crippen molar-refractivity contribution in [1.29, 1.82) is 0 Å². The first-order chi connectivity index (χ1) is 7.84. The lowest BCUT2D eigenvalue weighted by Crippen LogP contribution is -2.36. The quantitative estimate of drug-likeness (QED) is 0.768. The Kier molecular flexibility index (Phi) is 2.49. The average Bonchev–Trinajstić information content (AvgIpc) is 2.70. The SMILES string of the molecule is Sc1nc2c(N3CCOCC3)cccc2o1. The van der Waals surface area contributed by atoms with Crippen molar-refractivity contribution in [3.05, 3.63) is 18.2 Å². The zero-order valence-corrected chi connectivity index (χ0v) is 9.61. The molecule has 1 aromatic heterocycles. The number of thiol groups is 1. The highest BCUT2D eigenvalue weighted by Crippen LogP contribution is 2.28. The minimum atomic E-state index is 0.413. The molecule has 1 aromatic carbocycles. The van der Waals surface area contributed by atoms with Crippen LogP contribution in [-0.2, 0) is 4.74 Å². The van der Waals surface area contributed by atoms with E-state index in [1.54, 1.807) is 0 Å². The van der Waals surface area contributed by atoms with Crippen LogP contribution in [0.5, 0.6) is 0 Å². The van der Waals surface area contributed by atoms with E-state index in [4.69, 9.17) is 9.15 Å². The summed E-state index contributed by atoms with van der Waals surface area (Å²) in [4.78, 5) is 6.57. The molecule has 5 heteroatoms. The standard InChI is InChI=1S/C11H12N2O2S/c16-11-12-10-8(2-1-3-9(10)15-11)13-4-6-14-7-5-13/h1-3H,4-7H2,(H,12,16). The van der Waals surface area contributed by atoms with Gasteiger partial charge in [0.2, 0.25) is 0 Å². The Morgan fingerprint density at radius 2 is 2.06 bits per heavy atom. The van der Waals surface area contributed by atoms with Gasteiger partial charge in [-0.05, 0) is 12.1 Å². The van der Waals surface area contributed by atoms with Gasteiger partial charge in [-0.2, -0.15) is 0 Å². The fourth-order valence-electron chi connectivity index (χ4n) is 1.98. The molecular formula is C11H12N2O2S. The number of benzene rings is 1. The predicted molar refractivity (Wildman–Crippen MR) is 64.3 cm³/mol. The van der Waals surface area contributed by atoms with E-state index >= 15 is 0 Å². The Labute approximate surface area is 98.6 Å². The van der Waals surface area contributed by atoms with Gasteiger partial charge in [-0.25, -0.2) is 4.98 Å². The van der Waals surface area contributed by atoms with E-state index in [1.165, 1.54) is 0 Å². The third kappa shape index (κ3) is 1.66. The van der Waals surface area contributed by atoms with E-state index in [9.17, 15) is 0 Å². The molecule has 0 spiro atoms. The first kappa shape index (κ1) is 9.99. The number of para-hydroxylation sites is 1. The van der Waals surface area contributed by atoms with E-state index in [2.05, 4.69) is 28.6 Å². The van der Waals surface area contributed by atoms with Crippen molar-refractivity contribution in [3.63, 3.8) is 0 Å². The number of aromatic nitrogens is 1. The van der Waals surface area contributed by atoms with Gasteiger partial charge in [0, 0.05) is 13.1 Å². The number of morpholine rings is 1. The molecule has 1 saturated heterocycles. The molecule has 84 valence electrons. The molecule has 0 unspecified atom stereocenters. The molecule has 0 N–H and O–H groups in total. The zero-order chi connectivity index (χ0) is 11.0. The summed E-state index contributed by atoms with van der Waals surface area (Å²) in [5.41, 5.74) is 2.77. The second kappa shape index (κ2) is 3.99. The van der Waals surface area contributed by atoms with Gasteiger partial charge < -0.3 is 14.1 Å². The number of rotatable bonds is 1. The molecular weight excluding hydrogens is 224 g/mol. The summed E-state index contributed by atoms with van der Waals surface area (Å²) in [6.07, 6.45) is 0. The lowest BCUT2D eigenvalue weighted by molar-refractivity contribution is 0.123. The zero-order valence-electron chi connectivity index (χ0n) is 8.72. The molecule has 2 aromatic rings. The lowest BCUT2D eigenvalue weighted by atomic mass is 10.2. The fraction of sp³-hybridized carbons (Fsp3) is 0.364. The highest BCUT2D eigenvalue weighted by Gasteiger charge is 2.16. The Morgan fingerprint density at radius 1 is 1.25 bits per heavy atom. The van der Waals surface area contributed by atoms with Crippen molar-refractivity contribution in [2.45, 2.75) is 5.22 Å². The first-order valence-corrected chi connectivity index (χ1v) is 5.70. The van der Waals surface area contributed by atoms with Crippen LogP contribution in [0.1, 0.15) is 0 Å². The third-order valence-electron chi connectivity index (χ3n) is 2.74. The molecule has 3 rings (SSSR count). The molecule has 4 nitrogen and oxygen atoms in total. The van der Waals surface area contributed by atoms with Crippen LogP contribution >= 0.6 is 12.6 Å². The smallest absolute Gasteiger partial charge is 0.253 e. The number of ether oxygens (including phenoxy) is 1. The fourth-order valence-corrected chi connectivity index (χ4v) is 2.18. The van der Waals surface area contributed by atoms with Crippen LogP contribution in [-0.4, -0.2) is 31.3 Å². The van der Waals surface area contributed by atoms with Gasteiger partial charge in [0.15, 0.2) is 5.58 Å². The second-order valence-electron chi connectivity index (χ2n) is 3.72. The van der Waals surface area contributed by atoms with Crippen LogP contribution in [0.4, 0.5) is 5.69 Å².